The molecule has 0 saturated carbocycles. The van der Waals surface area contributed by atoms with Gasteiger partial charge in [-0.25, -0.2) is 14.0 Å². The second kappa shape index (κ2) is 13.1. The number of alkyl halides is 1. The van der Waals surface area contributed by atoms with Crippen molar-refractivity contribution in [1.82, 2.24) is 4.90 Å². The summed E-state index contributed by atoms with van der Waals surface area (Å²) in [6, 6.07) is 19.9. The normalized spacial score (nSPS) is 26.7. The lowest BCUT2D eigenvalue weighted by molar-refractivity contribution is -0.151. The summed E-state index contributed by atoms with van der Waals surface area (Å²) >= 11 is 0. The van der Waals surface area contributed by atoms with Crippen molar-refractivity contribution in [2.45, 2.75) is 70.1 Å². The molecule has 3 aromatic rings. The molecule has 3 saturated heterocycles. The predicted octanol–water partition coefficient (Wildman–Crippen LogP) is 5.08. The van der Waals surface area contributed by atoms with Crippen LogP contribution in [0.5, 0.6) is 0 Å². The Morgan fingerprint density at radius 2 is 1.57 bits per heavy atom. The van der Waals surface area contributed by atoms with Crippen LogP contribution in [0.15, 0.2) is 66.7 Å². The summed E-state index contributed by atoms with van der Waals surface area (Å²) in [6.45, 7) is 6.25. The van der Waals surface area contributed by atoms with E-state index in [1.807, 2.05) is 36.4 Å². The van der Waals surface area contributed by atoms with Gasteiger partial charge in [0.1, 0.15) is 18.9 Å². The molecule has 278 valence electrons. The van der Waals surface area contributed by atoms with Gasteiger partial charge in [-0.1, -0.05) is 43.3 Å². The summed E-state index contributed by atoms with van der Waals surface area (Å²) < 4.78 is 33.7. The molecule has 5 atom stereocenters. The Hall–Kier alpha value is -5.01. The van der Waals surface area contributed by atoms with E-state index in [-0.39, 0.29) is 32.1 Å². The minimum atomic E-state index is -1.85. The largest absolute Gasteiger partial charge is 0.447 e. The van der Waals surface area contributed by atoms with Crippen LogP contribution in [-0.2, 0) is 48.9 Å². The molecule has 0 unspecified atom stereocenters. The monoisotopic (exact) mass is 726 g/mol. The van der Waals surface area contributed by atoms with E-state index in [1.54, 1.807) is 52.0 Å². The molecule has 13 heteroatoms. The van der Waals surface area contributed by atoms with Crippen LogP contribution in [0.1, 0.15) is 49.4 Å². The van der Waals surface area contributed by atoms with Gasteiger partial charge in [0.05, 0.1) is 50.5 Å². The predicted molar refractivity (Wildman–Crippen MR) is 192 cm³/mol. The number of aliphatic hydroxyl groups excluding tert-OH is 1. The number of carbonyl (C=O) groups is 4. The van der Waals surface area contributed by atoms with Gasteiger partial charge < -0.3 is 29.1 Å². The lowest BCUT2D eigenvalue weighted by atomic mass is 9.71. The lowest BCUT2D eigenvalue weighted by Crippen LogP contribution is -2.48. The molecule has 12 nitrogen and oxygen atoms in total. The number of hydrogen-bond acceptors (Lipinski definition) is 8. The second-order valence-corrected chi connectivity index (χ2v) is 15.1. The summed E-state index contributed by atoms with van der Waals surface area (Å²) in [5.41, 5.74) is 1.57. The number of halogens is 1. The number of benzene rings is 3. The molecule has 1 N–H and O–H groups in total. The molecule has 4 amide bonds. The molecule has 8 rings (SSSR count). The summed E-state index contributed by atoms with van der Waals surface area (Å²) in [5.74, 6) is -2.28. The van der Waals surface area contributed by atoms with Gasteiger partial charge in [-0.05, 0) is 67.3 Å². The number of cyclic esters (lactones) is 2. The number of aliphatic hydroxyl groups is 1. The van der Waals surface area contributed by atoms with Crippen LogP contribution in [0.4, 0.5) is 31.0 Å². The highest BCUT2D eigenvalue weighted by Crippen LogP contribution is 2.59. The fourth-order valence-corrected chi connectivity index (χ4v) is 9.11. The van der Waals surface area contributed by atoms with E-state index in [0.717, 1.165) is 16.7 Å². The molecule has 0 bridgehead atoms. The Balaban J connectivity index is 1.15. The molecule has 1 spiro atoms. The minimum absolute atomic E-state index is 0.151. The maximum Gasteiger partial charge on any atom is 0.414 e. The third-order valence-corrected chi connectivity index (χ3v) is 11.6. The smallest absolute Gasteiger partial charge is 0.414 e. The first-order valence-electron chi connectivity index (χ1n) is 18.2. The van der Waals surface area contributed by atoms with Crippen molar-refractivity contribution in [3.63, 3.8) is 0 Å². The maximum absolute atomic E-state index is 16.5. The van der Waals surface area contributed by atoms with E-state index >= 15 is 9.18 Å². The highest BCUT2D eigenvalue weighted by atomic mass is 19.1. The van der Waals surface area contributed by atoms with Crippen LogP contribution in [-0.4, -0.2) is 84.7 Å². The van der Waals surface area contributed by atoms with E-state index in [2.05, 4.69) is 0 Å². The van der Waals surface area contributed by atoms with Gasteiger partial charge in [-0.3, -0.25) is 19.4 Å². The molecule has 0 radical (unpaired) electrons. The third-order valence-electron chi connectivity index (χ3n) is 11.6. The minimum Gasteiger partial charge on any atom is -0.447 e. The third kappa shape index (κ3) is 5.81. The topological polar surface area (TPSA) is 129 Å². The molecule has 3 aromatic carbocycles. The Kier molecular flexibility index (Phi) is 8.68. The van der Waals surface area contributed by atoms with Crippen molar-refractivity contribution >= 4 is 41.1 Å². The Bertz CT molecular complexity index is 1970. The Morgan fingerprint density at radius 1 is 0.925 bits per heavy atom. The maximum atomic E-state index is 16.5. The van der Waals surface area contributed by atoms with Crippen molar-refractivity contribution in [2.24, 2.45) is 11.8 Å². The first-order chi connectivity index (χ1) is 25.4. The van der Waals surface area contributed by atoms with Crippen molar-refractivity contribution in [1.29, 1.82) is 0 Å². The average molecular weight is 727 g/mol. The quantitative estimate of drug-likeness (QED) is 0.341. The van der Waals surface area contributed by atoms with Crippen molar-refractivity contribution in [3.8, 4) is 0 Å². The second-order valence-electron chi connectivity index (χ2n) is 15.1. The standard InChI is InChI=1S/C40H43FN4O8/c1-24-35(39(2,3)41)33(20-34(47)44-22-27-7-5-4-6-26(27)18-30(44)23-46)53-40(24)31-19-29(43-15-17-52-38(43)50)12-13-32(31)45(36(40)48)21-25-8-10-28(11-9-25)42-14-16-51-37(42)49/h4-13,19,24,30,33,35,46H,14-18,20-23H2,1-3H3/t24-,30+,33+,35-,40+/m1/s1. The molecule has 5 heterocycles. The highest BCUT2D eigenvalue weighted by molar-refractivity contribution is 6.08. The van der Waals surface area contributed by atoms with Gasteiger partial charge >= 0.3 is 12.2 Å². The first kappa shape index (κ1) is 35.0. The number of amides is 4. The number of carbonyl (C=O) groups excluding carboxylic acids is 4. The summed E-state index contributed by atoms with van der Waals surface area (Å²) in [7, 11) is 0. The highest BCUT2D eigenvalue weighted by Gasteiger charge is 2.66. The molecule has 53 heavy (non-hydrogen) atoms. The van der Waals surface area contributed by atoms with Gasteiger partial charge in [-0.15, -0.1) is 0 Å². The van der Waals surface area contributed by atoms with Gasteiger partial charge in [0.25, 0.3) is 5.91 Å². The van der Waals surface area contributed by atoms with Crippen molar-refractivity contribution < 1.29 is 42.9 Å². The number of rotatable bonds is 8. The van der Waals surface area contributed by atoms with E-state index in [9.17, 15) is 19.5 Å². The molecule has 0 aromatic heterocycles. The summed E-state index contributed by atoms with van der Waals surface area (Å²) in [6.07, 6.45) is -1.59. The van der Waals surface area contributed by atoms with Gasteiger partial charge in [0, 0.05) is 35.3 Å². The number of anilines is 3. The van der Waals surface area contributed by atoms with Crippen LogP contribution < -0.4 is 14.7 Å². The van der Waals surface area contributed by atoms with Crippen molar-refractivity contribution in [3.05, 3.63) is 89.0 Å². The molecule has 3 fully saturated rings. The number of hydrogen-bond donors (Lipinski definition) is 1. The summed E-state index contributed by atoms with van der Waals surface area (Å²) in [5, 5.41) is 10.3. The SMILES string of the molecule is C[C@@H]1[C@@H](C(C)(C)F)[C@H](CC(=O)N2Cc3ccccc3C[C@H]2CO)O[C@@]12C(=O)N(Cc1ccc(N3CCOC3=O)cc1)c1ccc(N3CCOC3=O)cc12. The van der Waals surface area contributed by atoms with Gasteiger partial charge in [0.15, 0.2) is 5.60 Å². The lowest BCUT2D eigenvalue weighted by Gasteiger charge is -2.37. The van der Waals surface area contributed by atoms with Crippen LogP contribution in [0, 0.1) is 11.8 Å². The molecule has 5 aliphatic heterocycles. The Morgan fingerprint density at radius 3 is 2.19 bits per heavy atom. The number of nitrogens with zero attached hydrogens (tertiary/aromatic N) is 4. The molecular weight excluding hydrogens is 683 g/mol. The van der Waals surface area contributed by atoms with Gasteiger partial charge in [-0.2, -0.15) is 0 Å². The van der Waals surface area contributed by atoms with Crippen LogP contribution in [0.25, 0.3) is 0 Å². The van der Waals surface area contributed by atoms with E-state index in [1.165, 1.54) is 18.7 Å². The van der Waals surface area contributed by atoms with Crippen LogP contribution >= 0.6 is 0 Å². The molecule has 5 aliphatic rings. The van der Waals surface area contributed by atoms with E-state index < -0.39 is 53.3 Å². The van der Waals surface area contributed by atoms with Crippen LogP contribution in [0.3, 0.4) is 0 Å². The fourth-order valence-electron chi connectivity index (χ4n) is 9.11. The zero-order chi connectivity index (χ0) is 37.2. The number of fused-ring (bicyclic) bond motifs is 3. The van der Waals surface area contributed by atoms with E-state index in [4.69, 9.17) is 14.2 Å². The van der Waals surface area contributed by atoms with Crippen molar-refractivity contribution in [2.75, 3.05) is 47.6 Å². The Labute approximate surface area is 307 Å². The van der Waals surface area contributed by atoms with Crippen LogP contribution in [0.2, 0.25) is 0 Å². The molecular formula is C40H43FN4O8. The fraction of sp³-hybridized carbons (Fsp3) is 0.450. The zero-order valence-electron chi connectivity index (χ0n) is 30.0. The average Bonchev–Trinajstić information content (AvgIpc) is 3.90. The summed E-state index contributed by atoms with van der Waals surface area (Å²) in [4.78, 5) is 60.3. The molecule has 0 aliphatic carbocycles. The number of ether oxygens (including phenoxy) is 3. The van der Waals surface area contributed by atoms with E-state index in [0.29, 0.717) is 55.3 Å². The zero-order valence-corrected chi connectivity index (χ0v) is 30.0. The van der Waals surface area contributed by atoms with Gasteiger partial charge in [0.2, 0.25) is 5.91 Å². The first-order valence-corrected chi connectivity index (χ1v) is 18.2.